The van der Waals surface area contributed by atoms with Crippen LogP contribution in [0.3, 0.4) is 0 Å². The van der Waals surface area contributed by atoms with Crippen molar-refractivity contribution in [1.29, 1.82) is 0 Å². The molecule has 1 aromatic heterocycles. The zero-order valence-corrected chi connectivity index (χ0v) is 20.0. The fraction of sp³-hybridized carbons (Fsp3) is 0.630. The average molecular weight is 439 g/mol. The number of furan rings is 1. The van der Waals surface area contributed by atoms with Crippen molar-refractivity contribution < 1.29 is 23.8 Å². The molecule has 0 amide bonds. The summed E-state index contributed by atoms with van der Waals surface area (Å²) >= 11 is 0. The van der Waals surface area contributed by atoms with Gasteiger partial charge < -0.3 is 14.3 Å². The maximum atomic E-state index is 13.7. The summed E-state index contributed by atoms with van der Waals surface area (Å²) in [6.45, 7) is 10.7. The van der Waals surface area contributed by atoms with Crippen molar-refractivity contribution in [2.45, 2.75) is 65.9 Å². The Bertz CT molecular complexity index is 1060. The summed E-state index contributed by atoms with van der Waals surface area (Å²) in [4.78, 5) is 26.5. The largest absolute Gasteiger partial charge is 0.493 e. The molecule has 0 aromatic carbocycles. The maximum Gasteiger partial charge on any atom is 0.234 e. The zero-order chi connectivity index (χ0) is 23.3. The van der Waals surface area contributed by atoms with Crippen molar-refractivity contribution in [3.05, 3.63) is 47.6 Å². The number of aliphatic hydroxyl groups is 1. The van der Waals surface area contributed by atoms with Gasteiger partial charge in [-0.05, 0) is 66.1 Å². The SMILES string of the molecule is COC1=C2[C@]3(C)CC[C@H]4C(C)(C)C(=O)C=C[C@]4(C)[C@H]3CC[C@@]2(C)[C@@](O)(c2ccoc2)C1=O. The summed E-state index contributed by atoms with van der Waals surface area (Å²) in [7, 11) is 1.53. The fourth-order valence-corrected chi connectivity index (χ4v) is 8.50. The lowest BCUT2D eigenvalue weighted by atomic mass is 9.39. The van der Waals surface area contributed by atoms with Crippen LogP contribution in [0.5, 0.6) is 0 Å². The first-order valence-electron chi connectivity index (χ1n) is 11.7. The molecule has 0 aliphatic heterocycles. The van der Waals surface area contributed by atoms with Gasteiger partial charge >= 0.3 is 0 Å². The summed E-state index contributed by atoms with van der Waals surface area (Å²) in [5.74, 6) is 0.617. The third kappa shape index (κ3) is 2.19. The normalized spacial score (nSPS) is 44.8. The van der Waals surface area contributed by atoms with Crippen LogP contribution in [-0.4, -0.2) is 23.8 Å². The number of ketones is 2. The summed E-state index contributed by atoms with van der Waals surface area (Å²) in [5.41, 5.74) is -1.96. The molecule has 1 N–H and O–H groups in total. The fourth-order valence-electron chi connectivity index (χ4n) is 8.50. The smallest absolute Gasteiger partial charge is 0.234 e. The van der Waals surface area contributed by atoms with Crippen LogP contribution in [0.25, 0.3) is 0 Å². The van der Waals surface area contributed by atoms with E-state index in [0.29, 0.717) is 17.7 Å². The Labute approximate surface area is 189 Å². The van der Waals surface area contributed by atoms with E-state index >= 15 is 0 Å². The van der Waals surface area contributed by atoms with Crippen LogP contribution < -0.4 is 0 Å². The Hall–Kier alpha value is -2.14. The molecule has 0 spiro atoms. The van der Waals surface area contributed by atoms with Crippen molar-refractivity contribution in [2.75, 3.05) is 7.11 Å². The zero-order valence-electron chi connectivity index (χ0n) is 20.0. The molecule has 4 aliphatic rings. The maximum absolute atomic E-state index is 13.7. The summed E-state index contributed by atoms with van der Waals surface area (Å²) < 4.78 is 11.0. The van der Waals surface area contributed by atoms with E-state index in [9.17, 15) is 14.7 Å². The minimum absolute atomic E-state index is 0.170. The van der Waals surface area contributed by atoms with Crippen molar-refractivity contribution in [1.82, 2.24) is 0 Å². The molecule has 0 saturated heterocycles. The van der Waals surface area contributed by atoms with Crippen LogP contribution in [0.1, 0.15) is 65.9 Å². The molecule has 1 aromatic rings. The van der Waals surface area contributed by atoms with Gasteiger partial charge in [-0.1, -0.05) is 40.7 Å². The van der Waals surface area contributed by atoms with Crippen LogP contribution in [0.15, 0.2) is 46.5 Å². The van der Waals surface area contributed by atoms with E-state index in [1.807, 2.05) is 6.92 Å². The molecule has 1 heterocycles. The summed E-state index contributed by atoms with van der Waals surface area (Å²) in [6.07, 6.45) is 10.2. The highest BCUT2D eigenvalue weighted by Gasteiger charge is 2.72. The first kappa shape index (κ1) is 21.7. The van der Waals surface area contributed by atoms with Crippen molar-refractivity contribution in [3.8, 4) is 0 Å². The van der Waals surface area contributed by atoms with Gasteiger partial charge in [-0.15, -0.1) is 0 Å². The van der Waals surface area contributed by atoms with Gasteiger partial charge in [-0.3, -0.25) is 9.59 Å². The van der Waals surface area contributed by atoms with E-state index < -0.39 is 16.4 Å². The Morgan fingerprint density at radius 1 is 1.06 bits per heavy atom. The highest BCUT2D eigenvalue weighted by Crippen LogP contribution is 2.73. The number of allylic oxidation sites excluding steroid dienone is 2. The van der Waals surface area contributed by atoms with Gasteiger partial charge in [0.1, 0.15) is 0 Å². The number of rotatable bonds is 2. The van der Waals surface area contributed by atoms with Gasteiger partial charge in [0, 0.05) is 16.4 Å². The van der Waals surface area contributed by atoms with Crippen molar-refractivity contribution in [2.24, 2.45) is 33.5 Å². The standard InChI is InChI=1S/C27H34O5/c1-23(2)17-7-11-25(4)18(24(17,3)12-9-19(23)28)8-13-26(5)21(25)20(31-6)22(29)27(26,30)16-10-14-32-15-16/h9-10,12,14-15,17-18,30H,7-8,11,13H2,1-6H3/t17-,18+,24-,25+,26+,27+/m0/s1. The number of ether oxygens (including phenoxy) is 1. The second-order valence-electron chi connectivity index (χ2n) is 11.7. The third-order valence-electron chi connectivity index (χ3n) is 10.1. The van der Waals surface area contributed by atoms with E-state index in [1.165, 1.54) is 19.6 Å². The predicted molar refractivity (Wildman–Crippen MR) is 119 cm³/mol. The molecule has 172 valence electrons. The van der Waals surface area contributed by atoms with Crippen LogP contribution in [0.4, 0.5) is 0 Å². The number of Topliss-reactive ketones (excluding diaryl/α,β-unsaturated/α-hetero) is 1. The molecule has 5 heteroatoms. The highest BCUT2D eigenvalue weighted by molar-refractivity contribution is 6.06. The topological polar surface area (TPSA) is 76.7 Å². The number of carbonyl (C=O) groups excluding carboxylic acids is 2. The molecule has 0 bridgehead atoms. The number of carbonyl (C=O) groups is 2. The molecular weight excluding hydrogens is 404 g/mol. The van der Waals surface area contributed by atoms with Gasteiger partial charge in [-0.25, -0.2) is 0 Å². The van der Waals surface area contributed by atoms with E-state index in [2.05, 4.69) is 33.8 Å². The van der Waals surface area contributed by atoms with E-state index in [1.54, 1.807) is 12.1 Å². The van der Waals surface area contributed by atoms with Gasteiger partial charge in [-0.2, -0.15) is 0 Å². The average Bonchev–Trinajstić information content (AvgIpc) is 3.32. The quantitative estimate of drug-likeness (QED) is 0.707. The first-order valence-corrected chi connectivity index (χ1v) is 11.7. The molecule has 0 radical (unpaired) electrons. The molecule has 5 nitrogen and oxygen atoms in total. The molecule has 6 atom stereocenters. The molecule has 4 aliphatic carbocycles. The molecular formula is C27H34O5. The minimum atomic E-state index is -1.70. The molecule has 2 fully saturated rings. The number of hydrogen-bond donors (Lipinski definition) is 1. The second-order valence-corrected chi connectivity index (χ2v) is 11.7. The summed E-state index contributed by atoms with van der Waals surface area (Å²) in [5, 5.41) is 12.0. The van der Waals surface area contributed by atoms with Gasteiger partial charge in [0.15, 0.2) is 17.1 Å². The van der Waals surface area contributed by atoms with Crippen LogP contribution in [-0.2, 0) is 19.9 Å². The van der Waals surface area contributed by atoms with Crippen molar-refractivity contribution in [3.63, 3.8) is 0 Å². The second kappa shape index (κ2) is 6.25. The Morgan fingerprint density at radius 2 is 1.75 bits per heavy atom. The summed E-state index contributed by atoms with van der Waals surface area (Å²) in [6, 6.07) is 1.68. The van der Waals surface area contributed by atoms with Crippen LogP contribution in [0.2, 0.25) is 0 Å². The molecule has 2 saturated carbocycles. The van der Waals surface area contributed by atoms with Crippen molar-refractivity contribution >= 4 is 11.6 Å². The Balaban J connectivity index is 1.70. The lowest BCUT2D eigenvalue weighted by Crippen LogP contribution is -2.60. The van der Waals surface area contributed by atoms with Gasteiger partial charge in [0.05, 0.1) is 19.6 Å². The highest BCUT2D eigenvalue weighted by atomic mass is 16.5. The van der Waals surface area contributed by atoms with Gasteiger partial charge in [0.2, 0.25) is 5.78 Å². The van der Waals surface area contributed by atoms with Gasteiger partial charge in [0.25, 0.3) is 0 Å². The predicted octanol–water partition coefficient (Wildman–Crippen LogP) is 4.95. The minimum Gasteiger partial charge on any atom is -0.493 e. The first-order chi connectivity index (χ1) is 14.9. The van der Waals surface area contributed by atoms with E-state index in [-0.39, 0.29) is 34.2 Å². The van der Waals surface area contributed by atoms with E-state index in [4.69, 9.17) is 9.15 Å². The Morgan fingerprint density at radius 3 is 2.38 bits per heavy atom. The number of hydrogen-bond acceptors (Lipinski definition) is 5. The lowest BCUT2D eigenvalue weighted by Gasteiger charge is -2.64. The van der Waals surface area contributed by atoms with Crippen LogP contribution in [0, 0.1) is 33.5 Å². The number of fused-ring (bicyclic) bond motifs is 5. The monoisotopic (exact) mass is 438 g/mol. The number of methoxy groups -OCH3 is 1. The lowest BCUT2D eigenvalue weighted by molar-refractivity contribution is -0.156. The van der Waals surface area contributed by atoms with E-state index in [0.717, 1.165) is 24.8 Å². The molecule has 32 heavy (non-hydrogen) atoms. The molecule has 5 rings (SSSR count). The third-order valence-corrected chi connectivity index (χ3v) is 10.1. The van der Waals surface area contributed by atoms with Crippen LogP contribution >= 0.6 is 0 Å². The molecule has 0 unspecified atom stereocenters. The Kier molecular flexibility index (Phi) is 4.24.